The van der Waals surface area contributed by atoms with E-state index >= 15 is 0 Å². The highest BCUT2D eigenvalue weighted by Crippen LogP contribution is 2.17. The van der Waals surface area contributed by atoms with Gasteiger partial charge in [0.05, 0.1) is 25.5 Å². The molecule has 0 unspecified atom stereocenters. The van der Waals surface area contributed by atoms with Crippen LogP contribution in [0.4, 0.5) is 0 Å². The molecule has 0 bridgehead atoms. The Morgan fingerprint density at radius 2 is 1.92 bits per heavy atom. The Kier molecular flexibility index (Phi) is 6.62. The normalized spacial score (nSPS) is 11.8. The zero-order valence-electron chi connectivity index (χ0n) is 14.7. The maximum atomic E-state index is 12.6. The van der Waals surface area contributed by atoms with Crippen molar-refractivity contribution >= 4 is 11.8 Å². The minimum absolute atomic E-state index is 0.242. The van der Waals surface area contributed by atoms with Crippen molar-refractivity contribution in [2.45, 2.75) is 32.9 Å². The molecule has 0 aliphatic rings. The summed E-state index contributed by atoms with van der Waals surface area (Å²) in [6.45, 7) is 4.29. The van der Waals surface area contributed by atoms with E-state index in [0.717, 1.165) is 0 Å². The number of benzene rings is 1. The van der Waals surface area contributed by atoms with E-state index in [1.807, 2.05) is 13.8 Å². The molecule has 0 spiro atoms. The van der Waals surface area contributed by atoms with Crippen LogP contribution in [0.5, 0.6) is 5.75 Å². The van der Waals surface area contributed by atoms with Gasteiger partial charge in [-0.1, -0.05) is 26.0 Å². The second-order valence-corrected chi connectivity index (χ2v) is 6.15. The lowest BCUT2D eigenvalue weighted by molar-refractivity contribution is -0.123. The lowest BCUT2D eigenvalue weighted by Crippen LogP contribution is -2.47. The Morgan fingerprint density at radius 3 is 2.56 bits per heavy atom. The molecular formula is C19H24N2O4. The highest BCUT2D eigenvalue weighted by molar-refractivity contribution is 5.99. The van der Waals surface area contributed by atoms with Gasteiger partial charge < -0.3 is 19.8 Å². The van der Waals surface area contributed by atoms with E-state index in [0.29, 0.717) is 23.5 Å². The maximum absolute atomic E-state index is 12.6. The molecule has 2 amide bonds. The second kappa shape index (κ2) is 8.92. The van der Waals surface area contributed by atoms with Gasteiger partial charge in [0.2, 0.25) is 5.91 Å². The molecule has 0 fully saturated rings. The Morgan fingerprint density at radius 1 is 1.16 bits per heavy atom. The molecule has 0 aliphatic carbocycles. The molecule has 1 aromatic heterocycles. The zero-order chi connectivity index (χ0) is 18.2. The van der Waals surface area contributed by atoms with E-state index in [-0.39, 0.29) is 24.3 Å². The second-order valence-electron chi connectivity index (χ2n) is 6.15. The summed E-state index contributed by atoms with van der Waals surface area (Å²) in [7, 11) is 1.51. The van der Waals surface area contributed by atoms with Crippen molar-refractivity contribution in [1.29, 1.82) is 0 Å². The van der Waals surface area contributed by atoms with Gasteiger partial charge in [0.15, 0.2) is 0 Å². The Hall–Kier alpha value is -2.76. The maximum Gasteiger partial charge on any atom is 0.255 e. The molecule has 0 radical (unpaired) electrons. The summed E-state index contributed by atoms with van der Waals surface area (Å²) in [5.74, 6) is 0.800. The number of hydrogen-bond acceptors (Lipinski definition) is 4. The third kappa shape index (κ3) is 5.38. The van der Waals surface area contributed by atoms with Crippen LogP contribution in [0.25, 0.3) is 0 Å². The third-order valence-corrected chi connectivity index (χ3v) is 3.70. The van der Waals surface area contributed by atoms with Crippen molar-refractivity contribution in [3.8, 4) is 5.75 Å². The first-order valence-corrected chi connectivity index (χ1v) is 8.25. The number of para-hydroxylation sites is 1. The van der Waals surface area contributed by atoms with Crippen LogP contribution >= 0.6 is 0 Å². The van der Waals surface area contributed by atoms with Gasteiger partial charge in [-0.25, -0.2) is 0 Å². The van der Waals surface area contributed by atoms with Gasteiger partial charge in [-0.05, 0) is 36.6 Å². The number of nitrogens with one attached hydrogen (secondary N) is 2. The topological polar surface area (TPSA) is 80.6 Å². The van der Waals surface area contributed by atoms with Gasteiger partial charge in [-0.15, -0.1) is 0 Å². The SMILES string of the molecule is COc1ccccc1C(=O)N[C@@H](CC(C)C)C(=O)NCc1ccco1. The number of ether oxygens (including phenoxy) is 1. The van der Waals surface area contributed by atoms with Crippen molar-refractivity contribution in [3.63, 3.8) is 0 Å². The largest absolute Gasteiger partial charge is 0.496 e. The predicted octanol–water partition coefficient (Wildman–Crippen LogP) is 2.75. The van der Waals surface area contributed by atoms with Gasteiger partial charge in [0, 0.05) is 0 Å². The summed E-state index contributed by atoms with van der Waals surface area (Å²) in [6, 6.07) is 9.84. The van der Waals surface area contributed by atoms with E-state index in [2.05, 4.69) is 10.6 Å². The summed E-state index contributed by atoms with van der Waals surface area (Å²) in [6.07, 6.45) is 2.08. The molecule has 0 saturated heterocycles. The van der Waals surface area contributed by atoms with Gasteiger partial charge in [0.25, 0.3) is 5.91 Å². The van der Waals surface area contributed by atoms with E-state index < -0.39 is 6.04 Å². The standard InChI is InChI=1S/C19H24N2O4/c1-13(2)11-16(19(23)20-12-14-7-6-10-25-14)21-18(22)15-8-4-5-9-17(15)24-3/h4-10,13,16H,11-12H2,1-3H3,(H,20,23)(H,21,22)/t16-/m0/s1. The molecule has 6 nitrogen and oxygen atoms in total. The van der Waals surface area contributed by atoms with Crippen LogP contribution in [0.1, 0.15) is 36.4 Å². The number of hydrogen-bond donors (Lipinski definition) is 2. The smallest absolute Gasteiger partial charge is 0.255 e. The fourth-order valence-corrected chi connectivity index (χ4v) is 2.48. The number of rotatable bonds is 8. The number of methoxy groups -OCH3 is 1. The summed E-state index contributed by atoms with van der Waals surface area (Å²) in [4.78, 5) is 25.1. The Balaban J connectivity index is 2.05. The van der Waals surface area contributed by atoms with E-state index in [4.69, 9.17) is 9.15 Å². The van der Waals surface area contributed by atoms with Crippen LogP contribution in [-0.2, 0) is 11.3 Å². The minimum Gasteiger partial charge on any atom is -0.496 e. The Labute approximate surface area is 147 Å². The molecule has 1 atom stereocenters. The van der Waals surface area contributed by atoms with E-state index in [1.54, 1.807) is 42.7 Å². The predicted molar refractivity (Wildman–Crippen MR) is 94.3 cm³/mol. The minimum atomic E-state index is -0.632. The molecule has 134 valence electrons. The number of carbonyl (C=O) groups excluding carboxylic acids is 2. The fraction of sp³-hybridized carbons (Fsp3) is 0.368. The molecule has 1 heterocycles. The van der Waals surface area contributed by atoms with Crippen LogP contribution in [0, 0.1) is 5.92 Å². The zero-order valence-corrected chi connectivity index (χ0v) is 14.7. The first-order chi connectivity index (χ1) is 12.0. The fourth-order valence-electron chi connectivity index (χ4n) is 2.48. The van der Waals surface area contributed by atoms with Gasteiger partial charge in [-0.2, -0.15) is 0 Å². The molecule has 0 aliphatic heterocycles. The van der Waals surface area contributed by atoms with Crippen molar-refractivity contribution in [2.24, 2.45) is 5.92 Å². The van der Waals surface area contributed by atoms with Gasteiger partial charge >= 0.3 is 0 Å². The van der Waals surface area contributed by atoms with Crippen LogP contribution in [-0.4, -0.2) is 25.0 Å². The van der Waals surface area contributed by atoms with Crippen molar-refractivity contribution in [3.05, 3.63) is 54.0 Å². The first kappa shape index (κ1) is 18.6. The molecule has 25 heavy (non-hydrogen) atoms. The van der Waals surface area contributed by atoms with E-state index in [9.17, 15) is 9.59 Å². The van der Waals surface area contributed by atoms with Crippen LogP contribution in [0.3, 0.4) is 0 Å². The van der Waals surface area contributed by atoms with Crippen molar-refractivity contribution in [1.82, 2.24) is 10.6 Å². The summed E-state index contributed by atoms with van der Waals surface area (Å²) in [5, 5.41) is 5.60. The number of carbonyl (C=O) groups is 2. The number of furan rings is 1. The molecular weight excluding hydrogens is 320 g/mol. The Bertz CT molecular complexity index is 695. The highest BCUT2D eigenvalue weighted by Gasteiger charge is 2.23. The lowest BCUT2D eigenvalue weighted by atomic mass is 10.0. The van der Waals surface area contributed by atoms with E-state index in [1.165, 1.54) is 7.11 Å². The van der Waals surface area contributed by atoms with Crippen LogP contribution < -0.4 is 15.4 Å². The average Bonchev–Trinajstić information content (AvgIpc) is 3.12. The quantitative estimate of drug-likeness (QED) is 0.772. The number of amides is 2. The summed E-state index contributed by atoms with van der Waals surface area (Å²) >= 11 is 0. The van der Waals surface area contributed by atoms with Crippen molar-refractivity contribution < 1.29 is 18.7 Å². The molecule has 2 N–H and O–H groups in total. The highest BCUT2D eigenvalue weighted by atomic mass is 16.5. The molecule has 2 aromatic rings. The lowest BCUT2D eigenvalue weighted by Gasteiger charge is -2.20. The van der Waals surface area contributed by atoms with Crippen LogP contribution in [0.15, 0.2) is 47.1 Å². The van der Waals surface area contributed by atoms with Gasteiger partial charge in [0.1, 0.15) is 17.6 Å². The van der Waals surface area contributed by atoms with Crippen LogP contribution in [0.2, 0.25) is 0 Å². The molecule has 6 heteroatoms. The molecule has 2 rings (SSSR count). The molecule has 0 saturated carbocycles. The average molecular weight is 344 g/mol. The third-order valence-electron chi connectivity index (χ3n) is 3.70. The molecule has 1 aromatic carbocycles. The monoisotopic (exact) mass is 344 g/mol. The summed E-state index contributed by atoms with van der Waals surface area (Å²) in [5.41, 5.74) is 0.401. The summed E-state index contributed by atoms with van der Waals surface area (Å²) < 4.78 is 10.4. The van der Waals surface area contributed by atoms with Crippen molar-refractivity contribution in [2.75, 3.05) is 7.11 Å². The van der Waals surface area contributed by atoms with Gasteiger partial charge in [-0.3, -0.25) is 9.59 Å². The first-order valence-electron chi connectivity index (χ1n) is 8.25.